The highest BCUT2D eigenvalue weighted by molar-refractivity contribution is 5.97. The molecule has 0 saturated carbocycles. The summed E-state index contributed by atoms with van der Waals surface area (Å²) < 4.78 is 15.8. The van der Waals surface area contributed by atoms with Gasteiger partial charge in [0.15, 0.2) is 12.7 Å². The van der Waals surface area contributed by atoms with Gasteiger partial charge in [0.2, 0.25) is 0 Å². The molecule has 0 unspecified atom stereocenters. The lowest BCUT2D eigenvalue weighted by Crippen LogP contribution is -2.32. The van der Waals surface area contributed by atoms with Crippen LogP contribution in [0.5, 0.6) is 11.5 Å². The number of ether oxygens (including phenoxy) is 3. The molecule has 0 aromatic heterocycles. The van der Waals surface area contributed by atoms with Crippen LogP contribution in [0.3, 0.4) is 0 Å². The molecule has 2 aromatic rings. The normalized spacial score (nSPS) is 11.2. The molecule has 2 amide bonds. The van der Waals surface area contributed by atoms with Crippen LogP contribution in [0.4, 0.5) is 5.69 Å². The van der Waals surface area contributed by atoms with E-state index in [2.05, 4.69) is 5.32 Å². The van der Waals surface area contributed by atoms with Crippen molar-refractivity contribution in [2.24, 2.45) is 5.73 Å². The summed E-state index contributed by atoms with van der Waals surface area (Å²) in [6, 6.07) is 13.2. The van der Waals surface area contributed by atoms with Crippen LogP contribution in [-0.4, -0.2) is 37.1 Å². The van der Waals surface area contributed by atoms with Crippen molar-refractivity contribution in [2.45, 2.75) is 20.0 Å². The fourth-order valence-electron chi connectivity index (χ4n) is 2.30. The van der Waals surface area contributed by atoms with E-state index in [1.165, 1.54) is 19.1 Å². The molecule has 2 aromatic carbocycles. The van der Waals surface area contributed by atoms with Crippen molar-refractivity contribution < 1.29 is 28.6 Å². The van der Waals surface area contributed by atoms with Crippen molar-refractivity contribution in [2.75, 3.05) is 18.5 Å². The summed E-state index contributed by atoms with van der Waals surface area (Å²) in [5.74, 6) is -1.28. The standard InChI is InChI=1S/C20H22N2O6/c1-3-26-17-11-7-5-9-15(17)22-20(25)13(2)28-18(23)12-27-16-10-6-4-8-14(16)19(21)24/h4-11,13H,3,12H2,1-2H3,(H2,21,24)(H,22,25)/t13-/m0/s1. The van der Waals surface area contributed by atoms with Crippen LogP contribution in [0, 0.1) is 0 Å². The fraction of sp³-hybridized carbons (Fsp3) is 0.250. The highest BCUT2D eigenvalue weighted by Crippen LogP contribution is 2.24. The van der Waals surface area contributed by atoms with Gasteiger partial charge < -0.3 is 25.3 Å². The highest BCUT2D eigenvalue weighted by atomic mass is 16.6. The SMILES string of the molecule is CCOc1ccccc1NC(=O)[C@H](C)OC(=O)COc1ccccc1C(N)=O. The van der Waals surface area contributed by atoms with Crippen LogP contribution < -0.4 is 20.5 Å². The van der Waals surface area contributed by atoms with Gasteiger partial charge in [-0.3, -0.25) is 9.59 Å². The number of anilines is 1. The number of benzene rings is 2. The van der Waals surface area contributed by atoms with E-state index in [9.17, 15) is 14.4 Å². The number of carbonyl (C=O) groups excluding carboxylic acids is 3. The number of hydrogen-bond donors (Lipinski definition) is 2. The molecule has 0 aliphatic rings. The van der Waals surface area contributed by atoms with Crippen LogP contribution >= 0.6 is 0 Å². The molecule has 0 aliphatic heterocycles. The number of nitrogens with one attached hydrogen (secondary N) is 1. The Morgan fingerprint density at radius 1 is 1.00 bits per heavy atom. The van der Waals surface area contributed by atoms with Gasteiger partial charge in [0, 0.05) is 0 Å². The Morgan fingerprint density at radius 3 is 2.32 bits per heavy atom. The molecule has 8 heteroatoms. The van der Waals surface area contributed by atoms with Crippen molar-refractivity contribution in [3.63, 3.8) is 0 Å². The maximum absolute atomic E-state index is 12.3. The Balaban J connectivity index is 1.90. The minimum atomic E-state index is -1.06. The number of carbonyl (C=O) groups is 3. The van der Waals surface area contributed by atoms with E-state index in [4.69, 9.17) is 19.9 Å². The Kier molecular flexibility index (Phi) is 7.38. The molecule has 0 heterocycles. The van der Waals surface area contributed by atoms with Gasteiger partial charge in [0.05, 0.1) is 17.9 Å². The number of primary amides is 1. The third-order valence-electron chi connectivity index (χ3n) is 3.62. The van der Waals surface area contributed by atoms with Gasteiger partial charge in [-0.2, -0.15) is 0 Å². The molecule has 0 aliphatic carbocycles. The van der Waals surface area contributed by atoms with Crippen molar-refractivity contribution in [1.82, 2.24) is 0 Å². The summed E-state index contributed by atoms with van der Waals surface area (Å²) in [6.45, 7) is 3.24. The number of para-hydroxylation sites is 3. The van der Waals surface area contributed by atoms with Gasteiger partial charge >= 0.3 is 5.97 Å². The summed E-state index contributed by atoms with van der Waals surface area (Å²) in [5, 5.41) is 2.66. The van der Waals surface area contributed by atoms with E-state index in [0.29, 0.717) is 18.0 Å². The third-order valence-corrected chi connectivity index (χ3v) is 3.62. The Labute approximate surface area is 162 Å². The minimum Gasteiger partial charge on any atom is -0.492 e. The minimum absolute atomic E-state index is 0.147. The van der Waals surface area contributed by atoms with Crippen molar-refractivity contribution >= 4 is 23.5 Å². The molecule has 3 N–H and O–H groups in total. The Morgan fingerprint density at radius 2 is 1.64 bits per heavy atom. The molecular formula is C20H22N2O6. The molecular weight excluding hydrogens is 364 g/mol. The Bertz CT molecular complexity index is 852. The van der Waals surface area contributed by atoms with Crippen LogP contribution in [0.1, 0.15) is 24.2 Å². The largest absolute Gasteiger partial charge is 0.492 e. The number of esters is 1. The van der Waals surface area contributed by atoms with Crippen LogP contribution in [0.15, 0.2) is 48.5 Å². The summed E-state index contributed by atoms with van der Waals surface area (Å²) in [4.78, 5) is 35.6. The molecule has 0 fully saturated rings. The predicted molar refractivity (Wildman–Crippen MR) is 102 cm³/mol. The number of nitrogens with two attached hydrogens (primary N) is 1. The van der Waals surface area contributed by atoms with Gasteiger partial charge in [-0.25, -0.2) is 4.79 Å². The van der Waals surface area contributed by atoms with Gasteiger partial charge in [-0.05, 0) is 38.1 Å². The lowest BCUT2D eigenvalue weighted by atomic mass is 10.2. The van der Waals surface area contributed by atoms with E-state index < -0.39 is 30.5 Å². The maximum Gasteiger partial charge on any atom is 0.344 e. The quantitative estimate of drug-likeness (QED) is 0.638. The number of rotatable bonds is 9. The first kappa shape index (κ1) is 20.8. The Hall–Kier alpha value is -3.55. The van der Waals surface area contributed by atoms with E-state index in [0.717, 1.165) is 0 Å². The molecule has 0 radical (unpaired) electrons. The average molecular weight is 386 g/mol. The van der Waals surface area contributed by atoms with E-state index in [-0.39, 0.29) is 11.3 Å². The first-order valence-electron chi connectivity index (χ1n) is 8.66. The summed E-state index contributed by atoms with van der Waals surface area (Å²) in [6.07, 6.45) is -1.06. The van der Waals surface area contributed by atoms with E-state index in [1.54, 1.807) is 36.4 Å². The van der Waals surface area contributed by atoms with E-state index in [1.807, 2.05) is 6.92 Å². The number of hydrogen-bond acceptors (Lipinski definition) is 6. The second kappa shape index (κ2) is 9.96. The van der Waals surface area contributed by atoms with E-state index >= 15 is 0 Å². The lowest BCUT2D eigenvalue weighted by Gasteiger charge is -2.16. The maximum atomic E-state index is 12.3. The third kappa shape index (κ3) is 5.73. The molecule has 1 atom stereocenters. The zero-order chi connectivity index (χ0) is 20.5. The zero-order valence-corrected chi connectivity index (χ0v) is 15.6. The van der Waals surface area contributed by atoms with Crippen LogP contribution in [0.25, 0.3) is 0 Å². The first-order valence-corrected chi connectivity index (χ1v) is 8.66. The predicted octanol–water partition coefficient (Wildman–Crippen LogP) is 2.13. The smallest absolute Gasteiger partial charge is 0.344 e. The fourth-order valence-corrected chi connectivity index (χ4v) is 2.30. The van der Waals surface area contributed by atoms with Gasteiger partial charge in [-0.1, -0.05) is 24.3 Å². The first-order chi connectivity index (χ1) is 13.4. The molecule has 0 spiro atoms. The van der Waals surface area contributed by atoms with Crippen LogP contribution in [0.2, 0.25) is 0 Å². The van der Waals surface area contributed by atoms with Crippen molar-refractivity contribution in [3.8, 4) is 11.5 Å². The molecule has 2 rings (SSSR count). The summed E-state index contributed by atoms with van der Waals surface area (Å²) in [7, 11) is 0. The molecule has 8 nitrogen and oxygen atoms in total. The average Bonchev–Trinajstić information content (AvgIpc) is 2.68. The molecule has 0 bridgehead atoms. The second-order valence-electron chi connectivity index (χ2n) is 5.70. The highest BCUT2D eigenvalue weighted by Gasteiger charge is 2.20. The monoisotopic (exact) mass is 386 g/mol. The zero-order valence-electron chi connectivity index (χ0n) is 15.6. The summed E-state index contributed by atoms with van der Waals surface area (Å²) in [5.41, 5.74) is 5.87. The van der Waals surface area contributed by atoms with Gasteiger partial charge in [0.25, 0.3) is 11.8 Å². The number of amides is 2. The van der Waals surface area contributed by atoms with Crippen LogP contribution in [-0.2, 0) is 14.3 Å². The molecule has 28 heavy (non-hydrogen) atoms. The van der Waals surface area contributed by atoms with Gasteiger partial charge in [-0.15, -0.1) is 0 Å². The van der Waals surface area contributed by atoms with Crippen molar-refractivity contribution in [3.05, 3.63) is 54.1 Å². The second-order valence-corrected chi connectivity index (χ2v) is 5.70. The lowest BCUT2D eigenvalue weighted by molar-refractivity contribution is -0.155. The van der Waals surface area contributed by atoms with Crippen molar-refractivity contribution in [1.29, 1.82) is 0 Å². The molecule has 0 saturated heterocycles. The molecule has 148 valence electrons. The summed E-state index contributed by atoms with van der Waals surface area (Å²) >= 11 is 0. The topological polar surface area (TPSA) is 117 Å². The van der Waals surface area contributed by atoms with Gasteiger partial charge in [0.1, 0.15) is 11.5 Å².